The van der Waals surface area contributed by atoms with E-state index in [4.69, 9.17) is 5.53 Å². The second kappa shape index (κ2) is 10.4. The Kier molecular flexibility index (Phi) is 9.00. The molecule has 228 valence electrons. The van der Waals surface area contributed by atoms with Gasteiger partial charge in [0.05, 0.1) is 0 Å². The number of alkyl halides is 9. The van der Waals surface area contributed by atoms with Crippen LogP contribution in [0.25, 0.3) is 10.4 Å². The highest BCUT2D eigenvalue weighted by Gasteiger charge is 2.63. The zero-order chi connectivity index (χ0) is 30.6. The summed E-state index contributed by atoms with van der Waals surface area (Å²) in [6.45, 7) is 2.28. The maximum absolute atomic E-state index is 13.7. The fourth-order valence-corrected chi connectivity index (χ4v) is 6.19. The molecule has 0 aromatic carbocycles. The van der Waals surface area contributed by atoms with Crippen LogP contribution in [0.3, 0.4) is 0 Å². The van der Waals surface area contributed by atoms with Crippen LogP contribution in [0.1, 0.15) is 66.2 Å². The summed E-state index contributed by atoms with van der Waals surface area (Å²) in [5, 5.41) is 44.9. The average molecular weight is 588 g/mol. The quantitative estimate of drug-likeness (QED) is 0.131. The number of azide groups is 1. The molecule has 0 radical (unpaired) electrons. The van der Waals surface area contributed by atoms with Gasteiger partial charge in [-0.3, -0.25) is 0 Å². The first-order valence-corrected chi connectivity index (χ1v) is 12.4. The Hall–Kier alpha value is -1.48. The van der Waals surface area contributed by atoms with Crippen LogP contribution in [0.15, 0.2) is 5.11 Å². The molecule has 2 fully saturated rings. The van der Waals surface area contributed by atoms with Gasteiger partial charge in [-0.25, -0.2) is 0 Å². The molecule has 0 aromatic rings. The summed E-state index contributed by atoms with van der Waals surface area (Å²) in [6.07, 6.45) is -18.9. The summed E-state index contributed by atoms with van der Waals surface area (Å²) in [5.74, 6) is -8.86. The Labute approximate surface area is 219 Å². The molecule has 0 amide bonds. The van der Waals surface area contributed by atoms with Gasteiger partial charge >= 0.3 is 18.5 Å². The molecule has 2 saturated carbocycles. The first kappa shape index (κ1) is 33.7. The summed E-state index contributed by atoms with van der Waals surface area (Å²) >= 11 is 0. The third kappa shape index (κ3) is 6.55. The minimum atomic E-state index is -5.27. The van der Waals surface area contributed by atoms with E-state index in [0.717, 1.165) is 6.92 Å². The van der Waals surface area contributed by atoms with E-state index in [1.807, 2.05) is 0 Å². The van der Waals surface area contributed by atoms with E-state index < -0.39 is 109 Å². The second-order valence-corrected chi connectivity index (χ2v) is 11.9. The largest absolute Gasteiger partial charge is 0.417 e. The summed E-state index contributed by atoms with van der Waals surface area (Å²) in [5.41, 5.74) is -3.79. The van der Waals surface area contributed by atoms with Crippen LogP contribution < -0.4 is 0 Å². The zero-order valence-electron chi connectivity index (χ0n) is 21.7. The smallest absolute Gasteiger partial charge is 0.384 e. The lowest BCUT2D eigenvalue weighted by Crippen LogP contribution is -2.57. The highest BCUT2D eigenvalue weighted by atomic mass is 19.4. The molecule has 0 bridgehead atoms. The number of hydrogen-bond donors (Lipinski definition) is 4. The van der Waals surface area contributed by atoms with Crippen molar-refractivity contribution in [2.75, 3.05) is 0 Å². The topological polar surface area (TPSA) is 130 Å². The average Bonchev–Trinajstić information content (AvgIpc) is 2.76. The molecule has 9 atom stereocenters. The minimum Gasteiger partial charge on any atom is -0.384 e. The number of nitrogens with zero attached hydrogens (tertiary/aromatic N) is 3. The van der Waals surface area contributed by atoms with Gasteiger partial charge in [0.15, 0.2) is 16.8 Å². The Morgan fingerprint density at radius 1 is 0.538 bits per heavy atom. The standard InChI is InChI=1S/C23H34F9N3O4/c1-17(36,21(24,25)26)13-5-11(6-14(9-13)18(2,37)22(27,28)29)12-7-15(19(3,38)23(30,31)32)10-16(8-12)20(4,39)34-35-33/h11-16,36-39H,5-10H2,1-4H3. The van der Waals surface area contributed by atoms with Gasteiger partial charge in [-0.05, 0) is 107 Å². The van der Waals surface area contributed by atoms with Crippen LogP contribution in [0.4, 0.5) is 39.5 Å². The van der Waals surface area contributed by atoms with E-state index in [-0.39, 0.29) is 6.42 Å². The van der Waals surface area contributed by atoms with E-state index in [2.05, 4.69) is 10.0 Å². The van der Waals surface area contributed by atoms with Crippen LogP contribution in [-0.4, -0.2) is 61.5 Å². The summed E-state index contributed by atoms with van der Waals surface area (Å²) in [4.78, 5) is 2.47. The lowest BCUT2D eigenvalue weighted by Gasteiger charge is -2.52. The van der Waals surface area contributed by atoms with E-state index in [0.29, 0.717) is 20.8 Å². The summed E-state index contributed by atoms with van der Waals surface area (Å²) in [7, 11) is 0. The zero-order valence-corrected chi connectivity index (χ0v) is 21.7. The predicted octanol–water partition coefficient (Wildman–Crippen LogP) is 6.01. The van der Waals surface area contributed by atoms with E-state index in [1.165, 1.54) is 0 Å². The molecule has 4 N–H and O–H groups in total. The molecule has 0 aromatic heterocycles. The van der Waals surface area contributed by atoms with Crippen molar-refractivity contribution in [2.24, 2.45) is 40.6 Å². The van der Waals surface area contributed by atoms with Crippen LogP contribution in [0, 0.1) is 35.5 Å². The molecule has 0 spiro atoms. The fourth-order valence-electron chi connectivity index (χ4n) is 6.19. The first-order valence-electron chi connectivity index (χ1n) is 12.4. The molecular weight excluding hydrogens is 553 g/mol. The summed E-state index contributed by atoms with van der Waals surface area (Å²) < 4.78 is 124. The van der Waals surface area contributed by atoms with Crippen molar-refractivity contribution >= 4 is 0 Å². The molecule has 0 heterocycles. The van der Waals surface area contributed by atoms with Gasteiger partial charge in [0.25, 0.3) is 0 Å². The number of aliphatic hydroxyl groups is 4. The van der Waals surface area contributed by atoms with Crippen molar-refractivity contribution in [1.29, 1.82) is 0 Å². The Bertz CT molecular complexity index is 891. The van der Waals surface area contributed by atoms with Gasteiger partial charge in [-0.2, -0.15) is 39.5 Å². The van der Waals surface area contributed by atoms with Gasteiger partial charge in [0.1, 0.15) is 5.72 Å². The first-order chi connectivity index (χ1) is 17.2. The molecule has 0 saturated heterocycles. The van der Waals surface area contributed by atoms with Crippen LogP contribution in [-0.2, 0) is 0 Å². The normalized spacial score (nSPS) is 35.5. The van der Waals surface area contributed by atoms with Gasteiger partial charge in [0.2, 0.25) is 0 Å². The van der Waals surface area contributed by atoms with Crippen molar-refractivity contribution in [3.63, 3.8) is 0 Å². The molecule has 16 heteroatoms. The predicted molar refractivity (Wildman–Crippen MR) is 118 cm³/mol. The highest BCUT2D eigenvalue weighted by molar-refractivity contribution is 5.04. The Balaban J connectivity index is 2.60. The maximum Gasteiger partial charge on any atom is 0.417 e. The minimum absolute atomic E-state index is 0.247. The third-order valence-electron chi connectivity index (χ3n) is 9.28. The van der Waals surface area contributed by atoms with Crippen molar-refractivity contribution in [2.45, 2.75) is 107 Å². The monoisotopic (exact) mass is 587 g/mol. The summed E-state index contributed by atoms with van der Waals surface area (Å²) in [6, 6.07) is 0. The van der Waals surface area contributed by atoms with Gasteiger partial charge < -0.3 is 20.4 Å². The Morgan fingerprint density at radius 2 is 0.795 bits per heavy atom. The second-order valence-electron chi connectivity index (χ2n) is 11.9. The molecule has 39 heavy (non-hydrogen) atoms. The SMILES string of the molecule is CC(O)(N=[N+]=[N-])C1CC(C2CC(C(C)(O)C(F)(F)F)CC(C(C)(O)C(F)(F)F)C2)CC(C(C)(O)C(F)(F)F)C1. The van der Waals surface area contributed by atoms with Crippen molar-refractivity contribution in [3.05, 3.63) is 10.4 Å². The molecule has 2 rings (SSSR count). The molecule has 9 unspecified atom stereocenters. The van der Waals surface area contributed by atoms with Crippen molar-refractivity contribution < 1.29 is 59.9 Å². The fraction of sp³-hybridized carbons (Fsp3) is 1.00. The molecule has 7 nitrogen and oxygen atoms in total. The lowest BCUT2D eigenvalue weighted by molar-refractivity contribution is -0.300. The molecule has 0 aliphatic heterocycles. The number of halogens is 9. The van der Waals surface area contributed by atoms with E-state index >= 15 is 0 Å². The van der Waals surface area contributed by atoms with Gasteiger partial charge in [0, 0.05) is 4.91 Å². The molecule has 2 aliphatic rings. The highest BCUT2D eigenvalue weighted by Crippen LogP contribution is 2.56. The lowest BCUT2D eigenvalue weighted by atomic mass is 9.57. The maximum atomic E-state index is 13.7. The van der Waals surface area contributed by atoms with E-state index in [9.17, 15) is 59.9 Å². The van der Waals surface area contributed by atoms with Gasteiger partial charge in [-0.15, -0.1) is 0 Å². The van der Waals surface area contributed by atoms with Crippen molar-refractivity contribution in [1.82, 2.24) is 0 Å². The van der Waals surface area contributed by atoms with Crippen molar-refractivity contribution in [3.8, 4) is 0 Å². The Morgan fingerprint density at radius 3 is 1.05 bits per heavy atom. The number of rotatable bonds is 6. The van der Waals surface area contributed by atoms with Gasteiger partial charge in [-0.1, -0.05) is 5.11 Å². The molecule has 2 aliphatic carbocycles. The van der Waals surface area contributed by atoms with Crippen LogP contribution >= 0.6 is 0 Å². The number of hydrogen-bond acceptors (Lipinski definition) is 5. The molecular formula is C23H34F9N3O4. The van der Waals surface area contributed by atoms with E-state index in [1.54, 1.807) is 0 Å². The third-order valence-corrected chi connectivity index (χ3v) is 9.28. The van der Waals surface area contributed by atoms with Crippen LogP contribution in [0.2, 0.25) is 0 Å². The van der Waals surface area contributed by atoms with Crippen LogP contribution in [0.5, 0.6) is 0 Å².